The first-order chi connectivity index (χ1) is 23.3. The van der Waals surface area contributed by atoms with Gasteiger partial charge in [-0.2, -0.15) is 0 Å². The molecule has 0 N–H and O–H groups in total. The van der Waals surface area contributed by atoms with Crippen LogP contribution in [0.25, 0.3) is 0 Å². The first kappa shape index (κ1) is 47.0. The van der Waals surface area contributed by atoms with Gasteiger partial charge in [0, 0.05) is 0 Å². The van der Waals surface area contributed by atoms with E-state index in [1.54, 1.807) is 0 Å². The van der Waals surface area contributed by atoms with Crippen LogP contribution >= 0.6 is 0 Å². The summed E-state index contributed by atoms with van der Waals surface area (Å²) in [5.74, 6) is 0. The maximum absolute atomic E-state index is 2.87. The highest BCUT2D eigenvalue weighted by Crippen LogP contribution is 2.16. The van der Waals surface area contributed by atoms with Gasteiger partial charge in [0.15, 0.2) is 0 Å². The Balaban J connectivity index is 3.89. The van der Waals surface area contributed by atoms with Crippen LogP contribution in [0.2, 0.25) is 0 Å². The van der Waals surface area contributed by atoms with Crippen molar-refractivity contribution in [1.29, 1.82) is 0 Å². The highest BCUT2D eigenvalue weighted by Gasteiger charge is 2.05. The lowest BCUT2D eigenvalue weighted by molar-refractivity contribution is 0.254. The molecule has 0 aliphatic carbocycles. The number of hydrogen-bond acceptors (Lipinski definition) is 1. The van der Waals surface area contributed by atoms with E-state index in [1.807, 2.05) is 0 Å². The molecular weight excluding hydrogens is 567 g/mol. The van der Waals surface area contributed by atoms with Crippen molar-refractivity contribution in [1.82, 2.24) is 4.90 Å². The third kappa shape index (κ3) is 42.0. The lowest BCUT2D eigenvalue weighted by Crippen LogP contribution is -2.27. The Morgan fingerprint density at radius 2 is 0.298 bits per heavy atom. The number of hydrogen-bond donors (Lipinski definition) is 0. The molecule has 0 aromatic heterocycles. The quantitative estimate of drug-likeness (QED) is 0.0588. The van der Waals surface area contributed by atoms with Crippen molar-refractivity contribution in [2.24, 2.45) is 0 Å². The highest BCUT2D eigenvalue weighted by molar-refractivity contribution is 4.61. The van der Waals surface area contributed by atoms with Gasteiger partial charge >= 0.3 is 0 Å². The summed E-state index contributed by atoms with van der Waals surface area (Å²) < 4.78 is 0. The van der Waals surface area contributed by atoms with Crippen LogP contribution in [0.4, 0.5) is 0 Å². The van der Waals surface area contributed by atoms with Crippen LogP contribution in [0, 0.1) is 0 Å². The Kier molecular flexibility index (Phi) is 43.9. The van der Waals surface area contributed by atoms with Gasteiger partial charge in [-0.1, -0.05) is 258 Å². The van der Waals surface area contributed by atoms with Crippen molar-refractivity contribution in [3.05, 3.63) is 0 Å². The largest absolute Gasteiger partial charge is 0.303 e. The summed E-state index contributed by atoms with van der Waals surface area (Å²) in [5, 5.41) is 0. The second-order valence-electron chi connectivity index (χ2n) is 15.9. The van der Waals surface area contributed by atoms with Gasteiger partial charge in [0.05, 0.1) is 0 Å². The van der Waals surface area contributed by atoms with E-state index in [2.05, 4.69) is 25.7 Å². The molecule has 47 heavy (non-hydrogen) atoms. The molecule has 0 rings (SSSR count). The van der Waals surface area contributed by atoms with E-state index in [-0.39, 0.29) is 0 Å². The molecule has 0 unspecified atom stereocenters. The molecule has 0 aromatic rings. The summed E-state index contributed by atoms with van der Waals surface area (Å²) in [6.45, 7) is 11.1. The van der Waals surface area contributed by atoms with Crippen LogP contribution in [-0.4, -0.2) is 24.5 Å². The standard InChI is InChI=1S/C46H95N/c1-4-7-10-13-16-19-22-25-26-27-28-31-34-37-40-43-46-47(44-41-38-35-32-29-23-20-17-14-11-8-5-2)45-42-39-36-33-30-24-21-18-15-12-9-6-3/h4-46H2,1-3H3. The molecule has 0 atom stereocenters. The molecule has 0 radical (unpaired) electrons. The molecule has 0 saturated carbocycles. The average molecular weight is 662 g/mol. The molecule has 0 aromatic carbocycles. The molecule has 1 heteroatoms. The van der Waals surface area contributed by atoms with Gasteiger partial charge < -0.3 is 4.90 Å². The van der Waals surface area contributed by atoms with Gasteiger partial charge in [-0.3, -0.25) is 0 Å². The van der Waals surface area contributed by atoms with Crippen LogP contribution in [0.3, 0.4) is 0 Å². The maximum atomic E-state index is 2.87. The fourth-order valence-electron chi connectivity index (χ4n) is 7.57. The van der Waals surface area contributed by atoms with E-state index in [9.17, 15) is 0 Å². The monoisotopic (exact) mass is 662 g/mol. The summed E-state index contributed by atoms with van der Waals surface area (Å²) in [6.07, 6.45) is 58.6. The number of unbranched alkanes of at least 4 members (excludes halogenated alkanes) is 37. The van der Waals surface area contributed by atoms with Crippen molar-refractivity contribution in [2.45, 2.75) is 278 Å². The Morgan fingerprint density at radius 1 is 0.170 bits per heavy atom. The van der Waals surface area contributed by atoms with Gasteiger partial charge in [-0.05, 0) is 38.9 Å². The third-order valence-corrected chi connectivity index (χ3v) is 11.0. The van der Waals surface area contributed by atoms with Crippen molar-refractivity contribution < 1.29 is 0 Å². The Bertz CT molecular complexity index is 487. The number of rotatable bonds is 43. The summed E-state index contributed by atoms with van der Waals surface area (Å²) in [5.41, 5.74) is 0. The first-order valence-corrected chi connectivity index (χ1v) is 23.1. The maximum Gasteiger partial charge on any atom is -0.00187 e. The lowest BCUT2D eigenvalue weighted by Gasteiger charge is -2.22. The zero-order chi connectivity index (χ0) is 34.0. The van der Waals surface area contributed by atoms with Crippen LogP contribution in [0.15, 0.2) is 0 Å². The minimum Gasteiger partial charge on any atom is -0.303 e. The van der Waals surface area contributed by atoms with E-state index in [0.29, 0.717) is 0 Å². The molecule has 284 valence electrons. The van der Waals surface area contributed by atoms with E-state index in [1.165, 1.54) is 276 Å². The molecule has 0 amide bonds. The van der Waals surface area contributed by atoms with Crippen LogP contribution in [-0.2, 0) is 0 Å². The predicted octanol–water partition coefficient (Wildman–Crippen LogP) is 17.0. The minimum absolute atomic E-state index is 1.37. The minimum atomic E-state index is 1.37. The third-order valence-electron chi connectivity index (χ3n) is 11.0. The Morgan fingerprint density at radius 3 is 0.447 bits per heavy atom. The van der Waals surface area contributed by atoms with Crippen molar-refractivity contribution in [2.75, 3.05) is 19.6 Å². The smallest absolute Gasteiger partial charge is 0.00187 e. The molecule has 0 saturated heterocycles. The lowest BCUT2D eigenvalue weighted by atomic mass is 10.0. The fraction of sp³-hybridized carbons (Fsp3) is 1.00. The topological polar surface area (TPSA) is 3.24 Å². The zero-order valence-corrected chi connectivity index (χ0v) is 33.9. The second-order valence-corrected chi connectivity index (χ2v) is 15.9. The predicted molar refractivity (Wildman–Crippen MR) is 218 cm³/mol. The molecule has 0 bridgehead atoms. The molecule has 0 heterocycles. The van der Waals surface area contributed by atoms with E-state index < -0.39 is 0 Å². The molecule has 0 aliphatic rings. The van der Waals surface area contributed by atoms with Gasteiger partial charge in [-0.15, -0.1) is 0 Å². The summed E-state index contributed by atoms with van der Waals surface area (Å²) in [7, 11) is 0. The summed E-state index contributed by atoms with van der Waals surface area (Å²) >= 11 is 0. The Labute approximate surface area is 301 Å². The van der Waals surface area contributed by atoms with Crippen LogP contribution < -0.4 is 0 Å². The number of nitrogens with zero attached hydrogens (tertiary/aromatic N) is 1. The average Bonchev–Trinajstić information content (AvgIpc) is 3.08. The SMILES string of the molecule is CCCCCCCCCCCCCCCCCCN(CCCCCCCCCCCCCC)CCCCCCCCCCCCCC. The van der Waals surface area contributed by atoms with Crippen LogP contribution in [0.5, 0.6) is 0 Å². The highest BCUT2D eigenvalue weighted by atomic mass is 15.1. The van der Waals surface area contributed by atoms with Crippen molar-refractivity contribution >= 4 is 0 Å². The van der Waals surface area contributed by atoms with E-state index >= 15 is 0 Å². The Hall–Kier alpha value is -0.0400. The van der Waals surface area contributed by atoms with Crippen LogP contribution in [0.1, 0.15) is 278 Å². The fourth-order valence-corrected chi connectivity index (χ4v) is 7.57. The summed E-state index contributed by atoms with van der Waals surface area (Å²) in [4.78, 5) is 2.87. The second kappa shape index (κ2) is 44.0. The van der Waals surface area contributed by atoms with Gasteiger partial charge in [0.2, 0.25) is 0 Å². The van der Waals surface area contributed by atoms with Crippen molar-refractivity contribution in [3.63, 3.8) is 0 Å². The molecule has 0 aliphatic heterocycles. The van der Waals surface area contributed by atoms with E-state index in [0.717, 1.165) is 0 Å². The molecule has 0 fully saturated rings. The molecule has 1 nitrogen and oxygen atoms in total. The first-order valence-electron chi connectivity index (χ1n) is 23.1. The normalized spacial score (nSPS) is 11.7. The zero-order valence-electron chi connectivity index (χ0n) is 33.9. The van der Waals surface area contributed by atoms with Gasteiger partial charge in [-0.25, -0.2) is 0 Å². The van der Waals surface area contributed by atoms with E-state index in [4.69, 9.17) is 0 Å². The van der Waals surface area contributed by atoms with Gasteiger partial charge in [0.1, 0.15) is 0 Å². The molecule has 0 spiro atoms. The summed E-state index contributed by atoms with van der Waals surface area (Å²) in [6, 6.07) is 0. The van der Waals surface area contributed by atoms with Crippen molar-refractivity contribution in [3.8, 4) is 0 Å². The van der Waals surface area contributed by atoms with Gasteiger partial charge in [0.25, 0.3) is 0 Å². The molecular formula is C46H95N.